The molecule has 0 amide bonds. The SMILES string of the molecule is Cc1csc(Cc2noc(CCC3CCCNC3)n2)n1. The Kier molecular flexibility index (Phi) is 4.42. The van der Waals surface area contributed by atoms with E-state index < -0.39 is 0 Å². The van der Waals surface area contributed by atoms with Crippen LogP contribution in [0.5, 0.6) is 0 Å². The van der Waals surface area contributed by atoms with E-state index in [-0.39, 0.29) is 0 Å². The van der Waals surface area contributed by atoms with Crippen molar-refractivity contribution in [2.24, 2.45) is 5.92 Å². The average Bonchev–Trinajstić information content (AvgIpc) is 3.08. The highest BCUT2D eigenvalue weighted by Crippen LogP contribution is 2.17. The number of hydrogen-bond acceptors (Lipinski definition) is 6. The van der Waals surface area contributed by atoms with E-state index in [0.717, 1.165) is 54.3 Å². The lowest BCUT2D eigenvalue weighted by Crippen LogP contribution is -2.29. The summed E-state index contributed by atoms with van der Waals surface area (Å²) in [6, 6.07) is 0. The van der Waals surface area contributed by atoms with E-state index >= 15 is 0 Å². The summed E-state index contributed by atoms with van der Waals surface area (Å²) in [5, 5.41) is 10.6. The van der Waals surface area contributed by atoms with Gasteiger partial charge in [0.25, 0.3) is 0 Å². The van der Waals surface area contributed by atoms with Gasteiger partial charge in [-0.3, -0.25) is 0 Å². The first-order chi connectivity index (χ1) is 9.79. The maximum Gasteiger partial charge on any atom is 0.226 e. The molecule has 3 rings (SSSR count). The minimum Gasteiger partial charge on any atom is -0.339 e. The van der Waals surface area contributed by atoms with Crippen LogP contribution in [0.4, 0.5) is 0 Å². The van der Waals surface area contributed by atoms with E-state index in [9.17, 15) is 0 Å². The fourth-order valence-electron chi connectivity index (χ4n) is 2.58. The minimum absolute atomic E-state index is 0.674. The first kappa shape index (κ1) is 13.7. The highest BCUT2D eigenvalue weighted by molar-refractivity contribution is 7.09. The minimum atomic E-state index is 0.674. The van der Waals surface area contributed by atoms with Crippen molar-refractivity contribution in [1.82, 2.24) is 20.4 Å². The molecule has 1 saturated heterocycles. The zero-order valence-corrected chi connectivity index (χ0v) is 12.6. The first-order valence-electron chi connectivity index (χ1n) is 7.23. The molecule has 0 saturated carbocycles. The van der Waals surface area contributed by atoms with Crippen LogP contribution in [0.1, 0.15) is 41.7 Å². The average molecular weight is 292 g/mol. The summed E-state index contributed by atoms with van der Waals surface area (Å²) < 4.78 is 5.33. The van der Waals surface area contributed by atoms with Crippen LogP contribution in [0.15, 0.2) is 9.90 Å². The molecule has 1 aliphatic heterocycles. The molecule has 0 bridgehead atoms. The van der Waals surface area contributed by atoms with Crippen molar-refractivity contribution in [3.63, 3.8) is 0 Å². The highest BCUT2D eigenvalue weighted by atomic mass is 32.1. The first-order valence-corrected chi connectivity index (χ1v) is 8.11. The van der Waals surface area contributed by atoms with Crippen molar-refractivity contribution in [2.75, 3.05) is 13.1 Å². The number of nitrogens with one attached hydrogen (secondary N) is 1. The van der Waals surface area contributed by atoms with Crippen LogP contribution < -0.4 is 5.32 Å². The van der Waals surface area contributed by atoms with E-state index in [1.807, 2.05) is 12.3 Å². The number of nitrogens with zero attached hydrogens (tertiary/aromatic N) is 3. The van der Waals surface area contributed by atoms with Gasteiger partial charge in [-0.15, -0.1) is 11.3 Å². The molecule has 6 heteroatoms. The summed E-state index contributed by atoms with van der Waals surface area (Å²) >= 11 is 1.65. The van der Waals surface area contributed by atoms with E-state index in [2.05, 4.69) is 20.4 Å². The number of hydrogen-bond donors (Lipinski definition) is 1. The van der Waals surface area contributed by atoms with Crippen molar-refractivity contribution in [1.29, 1.82) is 0 Å². The van der Waals surface area contributed by atoms with E-state index in [1.165, 1.54) is 12.8 Å². The van der Waals surface area contributed by atoms with Crippen molar-refractivity contribution in [3.8, 4) is 0 Å². The van der Waals surface area contributed by atoms with Crippen LogP contribution in [-0.2, 0) is 12.8 Å². The largest absolute Gasteiger partial charge is 0.339 e. The highest BCUT2D eigenvalue weighted by Gasteiger charge is 2.15. The van der Waals surface area contributed by atoms with Gasteiger partial charge >= 0.3 is 0 Å². The summed E-state index contributed by atoms with van der Waals surface area (Å²) in [5.74, 6) is 2.26. The Morgan fingerprint density at radius 3 is 3.15 bits per heavy atom. The molecule has 1 fully saturated rings. The lowest BCUT2D eigenvalue weighted by atomic mass is 9.95. The molecular weight excluding hydrogens is 272 g/mol. The molecular formula is C14H20N4OS. The lowest BCUT2D eigenvalue weighted by Gasteiger charge is -2.21. The molecule has 2 aromatic heterocycles. The standard InChI is InChI=1S/C14H20N4OS/c1-10-9-20-14(16-10)7-12-17-13(19-18-12)5-4-11-3-2-6-15-8-11/h9,11,15H,2-8H2,1H3. The summed E-state index contributed by atoms with van der Waals surface area (Å²) in [7, 11) is 0. The lowest BCUT2D eigenvalue weighted by molar-refractivity contribution is 0.326. The van der Waals surface area contributed by atoms with E-state index in [0.29, 0.717) is 6.42 Å². The topological polar surface area (TPSA) is 63.8 Å². The van der Waals surface area contributed by atoms with Crippen molar-refractivity contribution in [3.05, 3.63) is 27.8 Å². The van der Waals surface area contributed by atoms with E-state index in [1.54, 1.807) is 11.3 Å². The Morgan fingerprint density at radius 1 is 1.45 bits per heavy atom. The van der Waals surface area contributed by atoms with Crippen molar-refractivity contribution >= 4 is 11.3 Å². The molecule has 108 valence electrons. The number of piperidine rings is 1. The molecule has 2 aromatic rings. The third-order valence-electron chi connectivity index (χ3n) is 3.65. The molecule has 0 aliphatic carbocycles. The smallest absolute Gasteiger partial charge is 0.226 e. The second-order valence-corrected chi connectivity index (χ2v) is 6.36. The number of aromatic nitrogens is 3. The Bertz CT molecular complexity index is 545. The number of thiazole rings is 1. The second kappa shape index (κ2) is 6.45. The number of aryl methyl sites for hydroxylation is 2. The Morgan fingerprint density at radius 2 is 2.40 bits per heavy atom. The summed E-state index contributed by atoms with van der Waals surface area (Å²) in [4.78, 5) is 8.89. The third kappa shape index (κ3) is 3.64. The van der Waals surface area contributed by atoms with Gasteiger partial charge in [-0.05, 0) is 45.2 Å². The maximum absolute atomic E-state index is 5.33. The van der Waals surface area contributed by atoms with Gasteiger partial charge in [-0.25, -0.2) is 4.98 Å². The number of rotatable bonds is 5. The van der Waals surface area contributed by atoms with Gasteiger partial charge in [0, 0.05) is 17.5 Å². The Balaban J connectivity index is 1.51. The van der Waals surface area contributed by atoms with Gasteiger partial charge in [0.05, 0.1) is 6.42 Å². The third-order valence-corrected chi connectivity index (χ3v) is 4.62. The molecule has 0 radical (unpaired) electrons. The van der Waals surface area contributed by atoms with Gasteiger partial charge in [-0.1, -0.05) is 5.16 Å². The van der Waals surface area contributed by atoms with Crippen LogP contribution in [0.3, 0.4) is 0 Å². The summed E-state index contributed by atoms with van der Waals surface area (Å²) in [5.41, 5.74) is 1.05. The van der Waals surface area contributed by atoms with Crippen LogP contribution in [0.2, 0.25) is 0 Å². The van der Waals surface area contributed by atoms with Crippen molar-refractivity contribution in [2.45, 2.75) is 39.0 Å². The molecule has 3 heterocycles. The predicted octanol–water partition coefficient (Wildman–Crippen LogP) is 2.36. The molecule has 20 heavy (non-hydrogen) atoms. The van der Waals surface area contributed by atoms with Crippen LogP contribution in [0.25, 0.3) is 0 Å². The van der Waals surface area contributed by atoms with Gasteiger partial charge < -0.3 is 9.84 Å². The molecule has 1 unspecified atom stereocenters. The Labute approximate surface area is 122 Å². The molecule has 1 atom stereocenters. The predicted molar refractivity (Wildman–Crippen MR) is 77.9 cm³/mol. The monoisotopic (exact) mass is 292 g/mol. The molecule has 5 nitrogen and oxygen atoms in total. The second-order valence-electron chi connectivity index (χ2n) is 5.41. The van der Waals surface area contributed by atoms with Crippen LogP contribution >= 0.6 is 11.3 Å². The fourth-order valence-corrected chi connectivity index (χ4v) is 3.35. The molecule has 0 aromatic carbocycles. The Hall–Kier alpha value is -1.27. The summed E-state index contributed by atoms with van der Waals surface area (Å²) in [6.07, 6.45) is 5.28. The van der Waals surface area contributed by atoms with Crippen LogP contribution in [-0.4, -0.2) is 28.2 Å². The van der Waals surface area contributed by atoms with Gasteiger partial charge in [0.2, 0.25) is 5.89 Å². The molecule has 0 spiro atoms. The normalized spacial score (nSPS) is 19.4. The fraction of sp³-hybridized carbons (Fsp3) is 0.643. The zero-order chi connectivity index (χ0) is 13.8. The van der Waals surface area contributed by atoms with Gasteiger partial charge in [0.15, 0.2) is 5.82 Å². The quantitative estimate of drug-likeness (QED) is 0.916. The summed E-state index contributed by atoms with van der Waals surface area (Å²) in [6.45, 7) is 4.29. The zero-order valence-electron chi connectivity index (χ0n) is 11.8. The van der Waals surface area contributed by atoms with Gasteiger partial charge in [-0.2, -0.15) is 4.98 Å². The maximum atomic E-state index is 5.33. The van der Waals surface area contributed by atoms with Gasteiger partial charge in [0.1, 0.15) is 5.01 Å². The van der Waals surface area contributed by atoms with Crippen LogP contribution in [0, 0.1) is 12.8 Å². The van der Waals surface area contributed by atoms with E-state index in [4.69, 9.17) is 4.52 Å². The van der Waals surface area contributed by atoms with Crippen molar-refractivity contribution < 1.29 is 4.52 Å². The molecule has 1 aliphatic rings. The molecule has 1 N–H and O–H groups in total.